The van der Waals surface area contributed by atoms with Crippen molar-refractivity contribution in [2.75, 3.05) is 46.9 Å². The van der Waals surface area contributed by atoms with E-state index in [1.54, 1.807) is 0 Å². The Morgan fingerprint density at radius 1 is 1.21 bits per heavy atom. The van der Waals surface area contributed by atoms with Crippen molar-refractivity contribution in [1.29, 1.82) is 0 Å². The summed E-state index contributed by atoms with van der Waals surface area (Å²) in [5, 5.41) is 1.22. The Hall–Kier alpha value is -1.49. The zero-order chi connectivity index (χ0) is 16.6. The highest BCUT2D eigenvalue weighted by atomic mass is 16.5. The molecule has 2 aliphatic rings. The van der Waals surface area contributed by atoms with Crippen molar-refractivity contribution in [2.24, 2.45) is 11.3 Å². The van der Waals surface area contributed by atoms with Gasteiger partial charge in [0, 0.05) is 50.0 Å². The number of pyridine rings is 1. The molecule has 2 aromatic rings. The van der Waals surface area contributed by atoms with Crippen LogP contribution in [0.15, 0.2) is 36.4 Å². The maximum atomic E-state index is 5.50. The first-order valence-electron chi connectivity index (χ1n) is 8.93. The molecule has 3 heterocycles. The third-order valence-corrected chi connectivity index (χ3v) is 5.86. The molecule has 4 heteroatoms. The van der Waals surface area contributed by atoms with Crippen LogP contribution in [0.2, 0.25) is 0 Å². The van der Waals surface area contributed by atoms with Gasteiger partial charge in [0.15, 0.2) is 0 Å². The van der Waals surface area contributed by atoms with Crippen molar-refractivity contribution >= 4 is 10.9 Å². The first-order valence-corrected chi connectivity index (χ1v) is 8.93. The first kappa shape index (κ1) is 16.0. The van der Waals surface area contributed by atoms with Gasteiger partial charge < -0.3 is 9.64 Å². The molecule has 128 valence electrons. The highest BCUT2D eigenvalue weighted by Gasteiger charge is 2.49. The molecule has 0 unspecified atom stereocenters. The lowest BCUT2D eigenvalue weighted by Gasteiger charge is -2.30. The number of para-hydroxylation sites is 1. The molecule has 4 nitrogen and oxygen atoms in total. The van der Waals surface area contributed by atoms with Gasteiger partial charge in [-0.2, -0.15) is 0 Å². The highest BCUT2D eigenvalue weighted by Crippen LogP contribution is 2.43. The summed E-state index contributed by atoms with van der Waals surface area (Å²) in [4.78, 5) is 9.90. The summed E-state index contributed by atoms with van der Waals surface area (Å²) in [6.45, 7) is 6.53. The smallest absolute Gasteiger partial charge is 0.0705 e. The lowest BCUT2D eigenvalue weighted by molar-refractivity contribution is 0.0958. The van der Waals surface area contributed by atoms with E-state index < -0.39 is 0 Å². The second kappa shape index (κ2) is 6.43. The second-order valence-corrected chi connectivity index (χ2v) is 7.67. The summed E-state index contributed by atoms with van der Waals surface area (Å²) in [6.07, 6.45) is 1.28. The molecule has 0 bridgehead atoms. The van der Waals surface area contributed by atoms with E-state index in [0.717, 1.165) is 25.2 Å². The summed E-state index contributed by atoms with van der Waals surface area (Å²) in [7, 11) is 4.07. The summed E-state index contributed by atoms with van der Waals surface area (Å²) in [5.41, 5.74) is 2.68. The number of fused-ring (bicyclic) bond motifs is 1. The molecule has 2 saturated heterocycles. The third-order valence-electron chi connectivity index (χ3n) is 5.86. The van der Waals surface area contributed by atoms with Crippen molar-refractivity contribution in [2.45, 2.75) is 13.0 Å². The fraction of sp³-hybridized carbons (Fsp3) is 0.550. The number of hydrogen-bond acceptors (Lipinski definition) is 4. The predicted octanol–water partition coefficient (Wildman–Crippen LogP) is 2.63. The Labute approximate surface area is 144 Å². The van der Waals surface area contributed by atoms with Gasteiger partial charge in [-0.05, 0) is 32.1 Å². The Bertz CT molecular complexity index is 719. The van der Waals surface area contributed by atoms with E-state index in [0.29, 0.717) is 11.3 Å². The van der Waals surface area contributed by atoms with E-state index in [1.165, 1.54) is 37.1 Å². The first-order chi connectivity index (χ1) is 11.7. The van der Waals surface area contributed by atoms with E-state index >= 15 is 0 Å². The summed E-state index contributed by atoms with van der Waals surface area (Å²) >= 11 is 0. The average Bonchev–Trinajstić information content (AvgIpc) is 3.11. The lowest BCUT2D eigenvalue weighted by atomic mass is 9.78. The van der Waals surface area contributed by atoms with Crippen LogP contribution in [0.5, 0.6) is 0 Å². The number of likely N-dealkylation sites (tertiary alicyclic amines) is 2. The molecule has 4 rings (SSSR count). The van der Waals surface area contributed by atoms with E-state index in [9.17, 15) is 0 Å². The number of benzene rings is 1. The van der Waals surface area contributed by atoms with Crippen LogP contribution in [0.3, 0.4) is 0 Å². The van der Waals surface area contributed by atoms with Crippen LogP contribution in [0.25, 0.3) is 10.9 Å². The van der Waals surface area contributed by atoms with Gasteiger partial charge in [0.25, 0.3) is 0 Å². The monoisotopic (exact) mass is 325 g/mol. The lowest BCUT2D eigenvalue weighted by Crippen LogP contribution is -2.36. The molecule has 2 aliphatic heterocycles. The fourth-order valence-corrected chi connectivity index (χ4v) is 4.74. The minimum atomic E-state index is 0.404. The average molecular weight is 325 g/mol. The molecule has 1 aromatic carbocycles. The van der Waals surface area contributed by atoms with E-state index in [2.05, 4.69) is 53.2 Å². The molecule has 0 amide bonds. The number of ether oxygens (including phenoxy) is 1. The standard InChI is InChI=1S/C20H27N3O/c1-22-11-17(13-24-2)20(14-22)9-10-23(15-20)12-18-8-7-16-5-3-4-6-19(16)21-18/h3-8,17H,9-15H2,1-2H3/t17-,20-/m1/s1. The van der Waals surface area contributed by atoms with E-state index in [-0.39, 0.29) is 0 Å². The van der Waals surface area contributed by atoms with Crippen molar-refractivity contribution in [3.63, 3.8) is 0 Å². The highest BCUT2D eigenvalue weighted by molar-refractivity contribution is 5.78. The maximum Gasteiger partial charge on any atom is 0.0705 e. The molecule has 2 atom stereocenters. The number of aromatic nitrogens is 1. The number of rotatable bonds is 4. The van der Waals surface area contributed by atoms with E-state index in [1.807, 2.05) is 7.11 Å². The Kier molecular flexibility index (Phi) is 4.29. The van der Waals surface area contributed by atoms with Crippen molar-refractivity contribution in [1.82, 2.24) is 14.8 Å². The van der Waals surface area contributed by atoms with Gasteiger partial charge in [-0.1, -0.05) is 24.3 Å². The predicted molar refractivity (Wildman–Crippen MR) is 96.9 cm³/mol. The van der Waals surface area contributed by atoms with Gasteiger partial charge in [-0.25, -0.2) is 0 Å². The summed E-state index contributed by atoms with van der Waals surface area (Å²) in [5.74, 6) is 0.655. The molecule has 1 aromatic heterocycles. The largest absolute Gasteiger partial charge is 0.384 e. The van der Waals surface area contributed by atoms with Gasteiger partial charge >= 0.3 is 0 Å². The van der Waals surface area contributed by atoms with Gasteiger partial charge in [0.1, 0.15) is 0 Å². The SMILES string of the molecule is COC[C@H]1CN(C)C[C@@]12CCN(Cc1ccc3ccccc3n1)C2. The van der Waals surface area contributed by atoms with Crippen LogP contribution in [-0.4, -0.2) is 61.7 Å². The fourth-order valence-electron chi connectivity index (χ4n) is 4.74. The van der Waals surface area contributed by atoms with Crippen LogP contribution in [0.1, 0.15) is 12.1 Å². The quantitative estimate of drug-likeness (QED) is 0.864. The third kappa shape index (κ3) is 2.94. The van der Waals surface area contributed by atoms with Crippen LogP contribution < -0.4 is 0 Å². The van der Waals surface area contributed by atoms with Crippen LogP contribution >= 0.6 is 0 Å². The summed E-state index contributed by atoms with van der Waals surface area (Å²) in [6, 6.07) is 12.7. The normalized spacial score (nSPS) is 28.3. The minimum Gasteiger partial charge on any atom is -0.384 e. The molecule has 24 heavy (non-hydrogen) atoms. The van der Waals surface area contributed by atoms with Gasteiger partial charge in [-0.3, -0.25) is 9.88 Å². The van der Waals surface area contributed by atoms with Crippen molar-refractivity contribution in [3.8, 4) is 0 Å². The number of nitrogens with zero attached hydrogens (tertiary/aromatic N) is 3. The molecule has 0 aliphatic carbocycles. The molecule has 0 N–H and O–H groups in total. The van der Waals surface area contributed by atoms with Crippen molar-refractivity contribution in [3.05, 3.63) is 42.1 Å². The Morgan fingerprint density at radius 3 is 2.96 bits per heavy atom. The summed E-state index contributed by atoms with van der Waals surface area (Å²) < 4.78 is 5.50. The zero-order valence-electron chi connectivity index (χ0n) is 14.7. The second-order valence-electron chi connectivity index (χ2n) is 7.67. The van der Waals surface area contributed by atoms with Gasteiger partial charge in [0.05, 0.1) is 17.8 Å². The van der Waals surface area contributed by atoms with E-state index in [4.69, 9.17) is 9.72 Å². The number of hydrogen-bond donors (Lipinski definition) is 0. The molecule has 1 spiro atoms. The number of methoxy groups -OCH3 is 1. The van der Waals surface area contributed by atoms with Crippen molar-refractivity contribution < 1.29 is 4.74 Å². The molecular weight excluding hydrogens is 298 g/mol. The molecule has 0 radical (unpaired) electrons. The maximum absolute atomic E-state index is 5.50. The Morgan fingerprint density at radius 2 is 2.08 bits per heavy atom. The zero-order valence-corrected chi connectivity index (χ0v) is 14.7. The molecule has 0 saturated carbocycles. The molecular formula is C20H27N3O. The Balaban J connectivity index is 1.48. The van der Waals surface area contributed by atoms with Gasteiger partial charge in [0.2, 0.25) is 0 Å². The van der Waals surface area contributed by atoms with Crippen LogP contribution in [0.4, 0.5) is 0 Å². The van der Waals surface area contributed by atoms with Gasteiger partial charge in [-0.15, -0.1) is 0 Å². The topological polar surface area (TPSA) is 28.6 Å². The van der Waals surface area contributed by atoms with Crippen LogP contribution in [0, 0.1) is 11.3 Å². The van der Waals surface area contributed by atoms with Crippen LogP contribution in [-0.2, 0) is 11.3 Å². The molecule has 2 fully saturated rings. The minimum absolute atomic E-state index is 0.404.